The van der Waals surface area contributed by atoms with Gasteiger partial charge >= 0.3 is 0 Å². The molecule has 0 bridgehead atoms. The third kappa shape index (κ3) is 2.81. The molecule has 1 amide bonds. The number of carbonyl (C=O) groups excluding carboxylic acids is 1. The zero-order valence-electron chi connectivity index (χ0n) is 10.1. The normalized spacial score (nSPS) is 9.89. The highest BCUT2D eigenvalue weighted by molar-refractivity contribution is 7.08. The third-order valence-corrected chi connectivity index (χ3v) is 3.08. The van der Waals surface area contributed by atoms with Crippen LogP contribution in [0.15, 0.2) is 35.0 Å². The molecule has 0 aliphatic heterocycles. The fourth-order valence-electron chi connectivity index (χ4n) is 1.48. The van der Waals surface area contributed by atoms with Gasteiger partial charge in [-0.15, -0.1) is 0 Å². The molecule has 1 heterocycles. The van der Waals surface area contributed by atoms with Gasteiger partial charge in [0.2, 0.25) is 0 Å². The molecule has 0 aliphatic rings. The van der Waals surface area contributed by atoms with Crippen LogP contribution < -0.4 is 14.8 Å². The second kappa shape index (κ2) is 5.55. The van der Waals surface area contributed by atoms with Crippen LogP contribution in [0.2, 0.25) is 0 Å². The van der Waals surface area contributed by atoms with Crippen LogP contribution in [0.3, 0.4) is 0 Å². The van der Waals surface area contributed by atoms with Crippen molar-refractivity contribution in [1.82, 2.24) is 0 Å². The molecule has 94 valence electrons. The van der Waals surface area contributed by atoms with Crippen molar-refractivity contribution in [2.45, 2.75) is 0 Å². The largest absolute Gasteiger partial charge is 0.497 e. The minimum atomic E-state index is -0.189. The Balaban J connectivity index is 2.23. The minimum absolute atomic E-state index is 0.189. The summed E-state index contributed by atoms with van der Waals surface area (Å²) in [6.45, 7) is 0. The molecule has 0 unspecified atom stereocenters. The minimum Gasteiger partial charge on any atom is -0.497 e. The van der Waals surface area contributed by atoms with Crippen molar-refractivity contribution in [1.29, 1.82) is 0 Å². The molecule has 0 saturated carbocycles. The summed E-state index contributed by atoms with van der Waals surface area (Å²) in [6, 6.07) is 6.91. The molecule has 0 radical (unpaired) electrons. The van der Waals surface area contributed by atoms with Crippen molar-refractivity contribution >= 4 is 22.9 Å². The van der Waals surface area contributed by atoms with Crippen LogP contribution in [0.5, 0.6) is 11.5 Å². The van der Waals surface area contributed by atoms with Gasteiger partial charge in [-0.25, -0.2) is 0 Å². The van der Waals surface area contributed by atoms with Gasteiger partial charge in [0.25, 0.3) is 5.91 Å². The molecule has 1 aromatic carbocycles. The lowest BCUT2D eigenvalue weighted by Gasteiger charge is -2.08. The lowest BCUT2D eigenvalue weighted by Crippen LogP contribution is -2.11. The summed E-state index contributed by atoms with van der Waals surface area (Å²) in [6.07, 6.45) is 0. The highest BCUT2D eigenvalue weighted by atomic mass is 32.1. The van der Waals surface area contributed by atoms with Crippen LogP contribution in [-0.4, -0.2) is 20.1 Å². The fourth-order valence-corrected chi connectivity index (χ4v) is 2.07. The quantitative estimate of drug-likeness (QED) is 0.922. The lowest BCUT2D eigenvalue weighted by atomic mass is 10.2. The first-order chi connectivity index (χ1) is 8.72. The highest BCUT2D eigenvalue weighted by Crippen LogP contribution is 2.23. The van der Waals surface area contributed by atoms with Gasteiger partial charge in [-0.3, -0.25) is 4.79 Å². The number of rotatable bonds is 4. The van der Waals surface area contributed by atoms with Crippen molar-refractivity contribution in [2.75, 3.05) is 19.5 Å². The second-order valence-electron chi connectivity index (χ2n) is 3.57. The molecule has 18 heavy (non-hydrogen) atoms. The van der Waals surface area contributed by atoms with E-state index in [1.54, 1.807) is 32.4 Å². The Morgan fingerprint density at radius 2 is 1.83 bits per heavy atom. The molecule has 1 aromatic heterocycles. The Labute approximate surface area is 109 Å². The number of amides is 1. The van der Waals surface area contributed by atoms with Gasteiger partial charge in [0.05, 0.1) is 19.9 Å². The summed E-state index contributed by atoms with van der Waals surface area (Å²) in [5, 5.41) is 6.58. The number of benzene rings is 1. The predicted octanol–water partition coefficient (Wildman–Crippen LogP) is 3.02. The van der Waals surface area contributed by atoms with Gasteiger partial charge in [-0.1, -0.05) is 0 Å². The Morgan fingerprint density at radius 3 is 2.33 bits per heavy atom. The Kier molecular flexibility index (Phi) is 3.84. The number of hydrogen-bond acceptors (Lipinski definition) is 4. The van der Waals surface area contributed by atoms with Gasteiger partial charge in [-0.05, 0) is 23.6 Å². The predicted molar refractivity (Wildman–Crippen MR) is 71.8 cm³/mol. The van der Waals surface area contributed by atoms with Crippen molar-refractivity contribution in [3.8, 4) is 11.5 Å². The zero-order valence-corrected chi connectivity index (χ0v) is 10.9. The van der Waals surface area contributed by atoms with Crippen LogP contribution in [-0.2, 0) is 0 Å². The van der Waals surface area contributed by atoms with E-state index in [1.807, 2.05) is 16.8 Å². The molecule has 0 saturated heterocycles. The first-order valence-corrected chi connectivity index (χ1v) is 6.24. The van der Waals surface area contributed by atoms with Crippen LogP contribution in [0.4, 0.5) is 5.69 Å². The molecule has 2 aromatic rings. The summed E-state index contributed by atoms with van der Waals surface area (Å²) >= 11 is 1.53. The molecule has 2 rings (SSSR count). The molecule has 0 fully saturated rings. The van der Waals surface area contributed by atoms with Crippen molar-refractivity contribution in [3.05, 3.63) is 40.6 Å². The Morgan fingerprint density at radius 1 is 1.17 bits per heavy atom. The molecule has 5 heteroatoms. The highest BCUT2D eigenvalue weighted by Gasteiger charge is 2.10. The first-order valence-electron chi connectivity index (χ1n) is 5.29. The van der Waals surface area contributed by atoms with Gasteiger partial charge in [0.15, 0.2) is 0 Å². The van der Waals surface area contributed by atoms with Gasteiger partial charge in [0, 0.05) is 17.0 Å². The van der Waals surface area contributed by atoms with Crippen LogP contribution >= 0.6 is 11.3 Å². The fraction of sp³-hybridized carbons (Fsp3) is 0.154. The van der Waals surface area contributed by atoms with Crippen LogP contribution in [0.1, 0.15) is 10.4 Å². The average Bonchev–Trinajstić information content (AvgIpc) is 2.90. The second-order valence-corrected chi connectivity index (χ2v) is 4.35. The lowest BCUT2D eigenvalue weighted by molar-refractivity contribution is 0.102. The third-order valence-electron chi connectivity index (χ3n) is 2.39. The van der Waals surface area contributed by atoms with E-state index in [2.05, 4.69) is 5.32 Å². The summed E-state index contributed by atoms with van der Waals surface area (Å²) < 4.78 is 10.2. The van der Waals surface area contributed by atoms with Gasteiger partial charge in [0.1, 0.15) is 11.5 Å². The van der Waals surface area contributed by atoms with Gasteiger partial charge in [-0.2, -0.15) is 11.3 Å². The maximum absolute atomic E-state index is 12.0. The molecular weight excluding hydrogens is 250 g/mol. The first kappa shape index (κ1) is 12.4. The number of hydrogen-bond donors (Lipinski definition) is 1. The van der Waals surface area contributed by atoms with E-state index in [0.717, 1.165) is 5.69 Å². The van der Waals surface area contributed by atoms with Crippen molar-refractivity contribution < 1.29 is 14.3 Å². The number of thiophene rings is 1. The summed E-state index contributed by atoms with van der Waals surface area (Å²) in [4.78, 5) is 12.0. The maximum atomic E-state index is 12.0. The van der Waals surface area contributed by atoms with E-state index in [-0.39, 0.29) is 5.91 Å². The van der Waals surface area contributed by atoms with E-state index >= 15 is 0 Å². The Hall–Kier alpha value is -2.01. The summed E-state index contributed by atoms with van der Waals surface area (Å²) in [7, 11) is 3.10. The van der Waals surface area contributed by atoms with Crippen LogP contribution in [0.25, 0.3) is 0 Å². The smallest absolute Gasteiger partial charge is 0.255 e. The van der Waals surface area contributed by atoms with Crippen molar-refractivity contribution in [2.24, 2.45) is 0 Å². The topological polar surface area (TPSA) is 47.6 Å². The van der Waals surface area contributed by atoms with Crippen LogP contribution in [0, 0.1) is 0 Å². The SMILES string of the molecule is COc1cc(OC)cc(C(=O)Nc2ccsc2)c1. The van der Waals surface area contributed by atoms with E-state index in [1.165, 1.54) is 11.3 Å². The standard InChI is InChI=1S/C13H13NO3S/c1-16-11-5-9(6-12(7-11)17-2)13(15)14-10-3-4-18-8-10/h3-8H,1-2H3,(H,14,15). The number of methoxy groups -OCH3 is 2. The van der Waals surface area contributed by atoms with Gasteiger partial charge < -0.3 is 14.8 Å². The molecule has 0 spiro atoms. The monoisotopic (exact) mass is 263 g/mol. The maximum Gasteiger partial charge on any atom is 0.255 e. The van der Waals surface area contributed by atoms with Crippen molar-refractivity contribution in [3.63, 3.8) is 0 Å². The summed E-state index contributed by atoms with van der Waals surface area (Å²) in [5.74, 6) is 0.986. The van der Waals surface area contributed by atoms with E-state index < -0.39 is 0 Å². The number of anilines is 1. The molecule has 0 atom stereocenters. The average molecular weight is 263 g/mol. The number of nitrogens with one attached hydrogen (secondary N) is 1. The molecule has 0 aliphatic carbocycles. The molecule has 4 nitrogen and oxygen atoms in total. The molecule has 1 N–H and O–H groups in total. The van der Waals surface area contributed by atoms with E-state index in [4.69, 9.17) is 9.47 Å². The zero-order chi connectivity index (χ0) is 13.0. The van der Waals surface area contributed by atoms with E-state index in [9.17, 15) is 4.79 Å². The van der Waals surface area contributed by atoms with E-state index in [0.29, 0.717) is 17.1 Å². The summed E-state index contributed by atoms with van der Waals surface area (Å²) in [5.41, 5.74) is 1.28. The number of ether oxygens (including phenoxy) is 2. The Bertz CT molecular complexity index is 515. The molecular formula is C13H13NO3S. The number of carbonyl (C=O) groups is 1.